The van der Waals surface area contributed by atoms with E-state index in [-0.39, 0.29) is 31.9 Å². The molecular formula is C17H12Cl3F4N. The summed E-state index contributed by atoms with van der Waals surface area (Å²) in [7, 11) is 1.54. The highest BCUT2D eigenvalue weighted by molar-refractivity contribution is 6.48. The fraction of sp³-hybridized carbons (Fsp3) is 0.176. The van der Waals surface area contributed by atoms with Gasteiger partial charge in [0.15, 0.2) is 0 Å². The third kappa shape index (κ3) is 4.81. The van der Waals surface area contributed by atoms with Crippen molar-refractivity contribution < 1.29 is 17.6 Å². The number of rotatable bonds is 4. The number of hydrogen-bond acceptors (Lipinski definition) is 1. The predicted octanol–water partition coefficient (Wildman–Crippen LogP) is 7.19. The van der Waals surface area contributed by atoms with Crippen LogP contribution in [0.2, 0.25) is 15.1 Å². The molecule has 134 valence electrons. The molecule has 2 aromatic carbocycles. The fourth-order valence-electron chi connectivity index (χ4n) is 2.21. The summed E-state index contributed by atoms with van der Waals surface area (Å²) in [6.07, 6.45) is -2.47. The monoisotopic (exact) mass is 411 g/mol. The molecule has 0 aliphatic rings. The second kappa shape index (κ2) is 7.85. The van der Waals surface area contributed by atoms with E-state index in [4.69, 9.17) is 34.8 Å². The topological polar surface area (TPSA) is 12.0 Å². The maximum Gasteiger partial charge on any atom is 0.399 e. The average molecular weight is 413 g/mol. The van der Waals surface area contributed by atoms with E-state index in [2.05, 4.69) is 5.32 Å². The highest BCUT2D eigenvalue weighted by Gasteiger charge is 2.39. The Morgan fingerprint density at radius 2 is 1.64 bits per heavy atom. The van der Waals surface area contributed by atoms with Crippen LogP contribution in [0.3, 0.4) is 0 Å². The van der Waals surface area contributed by atoms with E-state index in [1.807, 2.05) is 0 Å². The maximum absolute atomic E-state index is 13.7. The van der Waals surface area contributed by atoms with Gasteiger partial charge in [0.2, 0.25) is 0 Å². The molecule has 0 aliphatic carbocycles. The molecule has 2 rings (SSSR count). The number of benzene rings is 2. The van der Waals surface area contributed by atoms with Gasteiger partial charge in [-0.15, -0.1) is 0 Å². The Morgan fingerprint density at radius 1 is 1.04 bits per heavy atom. The van der Waals surface area contributed by atoms with Crippen molar-refractivity contribution in [2.45, 2.75) is 12.1 Å². The molecule has 1 unspecified atom stereocenters. The highest BCUT2D eigenvalue weighted by Crippen LogP contribution is 2.41. The normalized spacial score (nSPS) is 13.3. The Labute approximate surface area is 157 Å². The zero-order chi connectivity index (χ0) is 18.8. The van der Waals surface area contributed by atoms with Gasteiger partial charge in [-0.1, -0.05) is 53.0 Å². The Hall–Kier alpha value is -1.43. The van der Waals surface area contributed by atoms with Crippen LogP contribution in [0.1, 0.15) is 17.0 Å². The van der Waals surface area contributed by atoms with Gasteiger partial charge in [0.25, 0.3) is 0 Å². The van der Waals surface area contributed by atoms with Crippen LogP contribution >= 0.6 is 34.8 Å². The average Bonchev–Trinajstić information content (AvgIpc) is 2.51. The minimum atomic E-state index is -4.58. The Morgan fingerprint density at radius 3 is 2.12 bits per heavy atom. The second-order valence-corrected chi connectivity index (χ2v) is 6.36. The van der Waals surface area contributed by atoms with Crippen LogP contribution in [0, 0.1) is 5.82 Å². The summed E-state index contributed by atoms with van der Waals surface area (Å²) in [5.41, 5.74) is 0.383. The van der Waals surface area contributed by atoms with Gasteiger partial charge in [-0.25, -0.2) is 4.39 Å². The summed E-state index contributed by atoms with van der Waals surface area (Å²) in [5, 5.41) is 2.48. The molecule has 0 amide bonds. The molecule has 25 heavy (non-hydrogen) atoms. The molecule has 0 aliphatic heterocycles. The first kappa shape index (κ1) is 19.9. The molecule has 0 radical (unpaired) electrons. The van der Waals surface area contributed by atoms with E-state index in [0.717, 1.165) is 24.3 Å². The maximum atomic E-state index is 13.7. The van der Waals surface area contributed by atoms with Gasteiger partial charge in [-0.2, -0.15) is 13.2 Å². The first-order chi connectivity index (χ1) is 11.6. The number of nitrogens with one attached hydrogen (secondary N) is 1. The zero-order valence-corrected chi connectivity index (χ0v) is 15.0. The molecule has 1 atom stereocenters. The molecule has 1 N–H and O–H groups in total. The summed E-state index contributed by atoms with van der Waals surface area (Å²) in [6, 6.07) is 6.30. The van der Waals surface area contributed by atoms with Gasteiger partial charge in [0, 0.05) is 7.05 Å². The first-order valence-corrected chi connectivity index (χ1v) is 8.13. The number of hydrogen-bond donors (Lipinski definition) is 1. The van der Waals surface area contributed by atoms with E-state index in [0.29, 0.717) is 0 Å². The van der Waals surface area contributed by atoms with Crippen molar-refractivity contribution in [2.24, 2.45) is 0 Å². The molecule has 0 aromatic heterocycles. The highest BCUT2D eigenvalue weighted by atomic mass is 35.5. The molecule has 8 heteroatoms. The van der Waals surface area contributed by atoms with Gasteiger partial charge in [0.05, 0.1) is 26.7 Å². The summed E-state index contributed by atoms with van der Waals surface area (Å²) < 4.78 is 54.0. The van der Waals surface area contributed by atoms with Gasteiger partial charge in [-0.3, -0.25) is 0 Å². The van der Waals surface area contributed by atoms with E-state index in [1.165, 1.54) is 18.2 Å². The minimum absolute atomic E-state index is 0.0123. The Kier molecular flexibility index (Phi) is 6.25. The van der Waals surface area contributed by atoms with Gasteiger partial charge >= 0.3 is 6.18 Å². The van der Waals surface area contributed by atoms with Crippen LogP contribution in [0.25, 0.3) is 6.08 Å². The van der Waals surface area contributed by atoms with Crippen LogP contribution in [-0.2, 0) is 0 Å². The lowest BCUT2D eigenvalue weighted by molar-refractivity contribution is -0.139. The third-order valence-electron chi connectivity index (χ3n) is 3.46. The first-order valence-electron chi connectivity index (χ1n) is 7.00. The van der Waals surface area contributed by atoms with Crippen molar-refractivity contribution in [1.29, 1.82) is 0 Å². The lowest BCUT2D eigenvalue weighted by Gasteiger charge is -2.18. The molecule has 0 spiro atoms. The molecular weight excluding hydrogens is 401 g/mol. The molecule has 0 saturated carbocycles. The van der Waals surface area contributed by atoms with Crippen LogP contribution < -0.4 is 5.32 Å². The number of anilines is 1. The fourth-order valence-corrected chi connectivity index (χ4v) is 2.82. The molecule has 0 saturated heterocycles. The third-order valence-corrected chi connectivity index (χ3v) is 4.66. The molecule has 0 fully saturated rings. The van der Waals surface area contributed by atoms with Crippen molar-refractivity contribution >= 4 is 46.6 Å². The smallest absolute Gasteiger partial charge is 0.386 e. The summed E-state index contributed by atoms with van der Waals surface area (Å²) in [4.78, 5) is 0. The molecule has 0 bridgehead atoms. The standard InChI is InChI=1S/C17H12Cl3F4N/c1-25-15-5-3-9(6-14(15)21)2-4-11(17(22,23)24)10-7-12(18)16(20)13(19)8-10/h2-8,11,25H,1H3/b4-2+. The van der Waals surface area contributed by atoms with Crippen LogP contribution in [-0.4, -0.2) is 13.2 Å². The predicted molar refractivity (Wildman–Crippen MR) is 95.2 cm³/mol. The van der Waals surface area contributed by atoms with Crippen LogP contribution in [0.15, 0.2) is 36.4 Å². The van der Waals surface area contributed by atoms with Gasteiger partial charge in [-0.05, 0) is 35.4 Å². The van der Waals surface area contributed by atoms with Crippen molar-refractivity contribution in [3.8, 4) is 0 Å². The quantitative estimate of drug-likeness (QED) is 0.414. The van der Waals surface area contributed by atoms with Crippen molar-refractivity contribution in [3.63, 3.8) is 0 Å². The van der Waals surface area contributed by atoms with E-state index in [1.54, 1.807) is 7.05 Å². The van der Waals surface area contributed by atoms with Crippen LogP contribution in [0.4, 0.5) is 23.2 Å². The molecule has 1 nitrogen and oxygen atoms in total. The number of halogens is 7. The summed E-state index contributed by atoms with van der Waals surface area (Å²) in [6.45, 7) is 0. The van der Waals surface area contributed by atoms with E-state index >= 15 is 0 Å². The van der Waals surface area contributed by atoms with Gasteiger partial charge in [0.1, 0.15) is 5.82 Å². The Bertz CT molecular complexity index is 780. The van der Waals surface area contributed by atoms with Crippen molar-refractivity contribution in [3.05, 3.63) is 68.4 Å². The largest absolute Gasteiger partial charge is 0.399 e. The summed E-state index contributed by atoms with van der Waals surface area (Å²) >= 11 is 17.4. The minimum Gasteiger partial charge on any atom is -0.386 e. The second-order valence-electron chi connectivity index (χ2n) is 5.17. The van der Waals surface area contributed by atoms with E-state index < -0.39 is 17.9 Å². The lowest BCUT2D eigenvalue weighted by Crippen LogP contribution is -2.19. The van der Waals surface area contributed by atoms with Crippen molar-refractivity contribution in [1.82, 2.24) is 0 Å². The molecule has 2 aromatic rings. The van der Waals surface area contributed by atoms with E-state index in [9.17, 15) is 17.6 Å². The lowest BCUT2D eigenvalue weighted by atomic mass is 9.97. The Balaban J connectivity index is 2.41. The van der Waals surface area contributed by atoms with Crippen molar-refractivity contribution in [2.75, 3.05) is 12.4 Å². The summed E-state index contributed by atoms with van der Waals surface area (Å²) in [5.74, 6) is -2.53. The molecule has 0 heterocycles. The number of allylic oxidation sites excluding steroid dienone is 1. The zero-order valence-electron chi connectivity index (χ0n) is 12.8. The van der Waals surface area contributed by atoms with Crippen LogP contribution in [0.5, 0.6) is 0 Å². The number of alkyl halides is 3. The van der Waals surface area contributed by atoms with Gasteiger partial charge < -0.3 is 5.32 Å². The SMILES string of the molecule is CNc1ccc(/C=C/C(c2cc(Cl)c(Cl)c(Cl)c2)C(F)(F)F)cc1F.